The maximum absolute atomic E-state index is 12.3. The van der Waals surface area contributed by atoms with Gasteiger partial charge >= 0.3 is 0 Å². The van der Waals surface area contributed by atoms with E-state index >= 15 is 0 Å². The van der Waals surface area contributed by atoms with Crippen LogP contribution in [0.5, 0.6) is 0 Å². The molecule has 0 atom stereocenters. The highest BCUT2D eigenvalue weighted by atomic mass is 32.1. The first-order valence-corrected chi connectivity index (χ1v) is 8.05. The van der Waals surface area contributed by atoms with Gasteiger partial charge < -0.3 is 5.32 Å². The van der Waals surface area contributed by atoms with Gasteiger partial charge in [0, 0.05) is 11.0 Å². The summed E-state index contributed by atoms with van der Waals surface area (Å²) in [6.07, 6.45) is 7.95. The Bertz CT molecular complexity index is 386. The summed E-state index contributed by atoms with van der Waals surface area (Å²) in [4.78, 5) is 12.8. The Hall–Kier alpha value is -0.440. The van der Waals surface area contributed by atoms with Crippen LogP contribution in [0.1, 0.15) is 59.3 Å². The molecule has 19 heavy (non-hydrogen) atoms. The van der Waals surface area contributed by atoms with Gasteiger partial charge in [-0.3, -0.25) is 4.79 Å². The van der Waals surface area contributed by atoms with Crippen molar-refractivity contribution < 1.29 is 4.79 Å². The van der Waals surface area contributed by atoms with E-state index in [2.05, 4.69) is 5.32 Å². The summed E-state index contributed by atoms with van der Waals surface area (Å²) in [6.45, 7) is 5.84. The Morgan fingerprint density at radius 3 is 1.84 bits per heavy atom. The Kier molecular flexibility index (Phi) is 3.05. The SMILES string of the molecule is CC(C)(C)C(=O)C(=S)NC12CC3CC(CC(C3)C1)C2. The van der Waals surface area contributed by atoms with Crippen molar-refractivity contribution >= 4 is 23.0 Å². The van der Waals surface area contributed by atoms with Crippen molar-refractivity contribution in [2.24, 2.45) is 23.2 Å². The van der Waals surface area contributed by atoms with Crippen molar-refractivity contribution in [2.45, 2.75) is 64.8 Å². The van der Waals surface area contributed by atoms with Crippen LogP contribution in [-0.2, 0) is 4.79 Å². The van der Waals surface area contributed by atoms with E-state index in [0.717, 1.165) is 17.8 Å². The second-order valence-electron chi connectivity index (χ2n) is 8.23. The molecule has 0 unspecified atom stereocenters. The second-order valence-corrected chi connectivity index (χ2v) is 8.64. The summed E-state index contributed by atoms with van der Waals surface area (Å²) in [5, 5.41) is 3.51. The van der Waals surface area contributed by atoms with Gasteiger partial charge in [-0.25, -0.2) is 0 Å². The molecular weight excluding hydrogens is 254 g/mol. The fourth-order valence-corrected chi connectivity index (χ4v) is 5.42. The van der Waals surface area contributed by atoms with Crippen LogP contribution in [0.25, 0.3) is 0 Å². The molecule has 0 amide bonds. The molecule has 2 nitrogen and oxygen atoms in total. The molecule has 0 aromatic carbocycles. The van der Waals surface area contributed by atoms with E-state index in [1.807, 2.05) is 20.8 Å². The highest BCUT2D eigenvalue weighted by Crippen LogP contribution is 2.55. The molecule has 0 spiro atoms. The first-order valence-electron chi connectivity index (χ1n) is 7.64. The molecule has 0 radical (unpaired) electrons. The quantitative estimate of drug-likeness (QED) is 0.785. The van der Waals surface area contributed by atoms with Crippen molar-refractivity contribution in [3.05, 3.63) is 0 Å². The minimum Gasteiger partial charge on any atom is -0.368 e. The molecule has 0 aromatic heterocycles. The van der Waals surface area contributed by atoms with E-state index in [0.29, 0.717) is 4.99 Å². The number of hydrogen-bond donors (Lipinski definition) is 1. The van der Waals surface area contributed by atoms with Gasteiger partial charge in [-0.1, -0.05) is 33.0 Å². The Labute approximate surface area is 121 Å². The van der Waals surface area contributed by atoms with Crippen molar-refractivity contribution in [3.8, 4) is 0 Å². The standard InChI is InChI=1S/C16H25NOS/c1-15(2,3)13(18)14(19)17-16-7-10-4-11(8-16)6-12(5-10)9-16/h10-12H,4-9H2,1-3H3,(H,17,19). The number of carbonyl (C=O) groups is 1. The van der Waals surface area contributed by atoms with Crippen LogP contribution in [0.2, 0.25) is 0 Å². The third kappa shape index (κ3) is 2.46. The molecular formula is C16H25NOS. The molecule has 106 valence electrons. The van der Waals surface area contributed by atoms with Crippen molar-refractivity contribution in [1.82, 2.24) is 5.32 Å². The fourth-order valence-electron chi connectivity index (χ4n) is 4.90. The molecule has 0 aliphatic heterocycles. The number of thiocarbonyl (C=S) groups is 1. The van der Waals surface area contributed by atoms with E-state index in [4.69, 9.17) is 12.2 Å². The molecule has 4 bridgehead atoms. The van der Waals surface area contributed by atoms with Gasteiger partial charge in [0.2, 0.25) is 0 Å². The monoisotopic (exact) mass is 279 g/mol. The molecule has 3 heteroatoms. The summed E-state index contributed by atoms with van der Waals surface area (Å²) in [5.74, 6) is 2.74. The Morgan fingerprint density at radius 1 is 1.05 bits per heavy atom. The van der Waals surface area contributed by atoms with Gasteiger partial charge in [-0.15, -0.1) is 0 Å². The molecule has 4 aliphatic rings. The van der Waals surface area contributed by atoms with E-state index in [1.54, 1.807) is 0 Å². The number of nitrogens with one attached hydrogen (secondary N) is 1. The number of hydrogen-bond acceptors (Lipinski definition) is 2. The number of carbonyl (C=O) groups excluding carboxylic acids is 1. The topological polar surface area (TPSA) is 29.1 Å². The predicted octanol–water partition coefficient (Wildman–Crippen LogP) is 3.49. The second kappa shape index (κ2) is 4.28. The van der Waals surface area contributed by atoms with Crippen LogP contribution in [-0.4, -0.2) is 16.3 Å². The Morgan fingerprint density at radius 2 is 1.47 bits per heavy atom. The third-order valence-corrected chi connectivity index (χ3v) is 5.59. The average Bonchev–Trinajstić information content (AvgIpc) is 2.23. The lowest BCUT2D eigenvalue weighted by molar-refractivity contribution is -0.119. The van der Waals surface area contributed by atoms with E-state index in [1.165, 1.54) is 38.5 Å². The highest BCUT2D eigenvalue weighted by molar-refractivity contribution is 7.82. The molecule has 1 N–H and O–H groups in total. The summed E-state index contributed by atoms with van der Waals surface area (Å²) < 4.78 is 0. The van der Waals surface area contributed by atoms with Crippen LogP contribution in [0.4, 0.5) is 0 Å². The normalized spacial score (nSPS) is 40.3. The highest BCUT2D eigenvalue weighted by Gasteiger charge is 2.51. The third-order valence-electron chi connectivity index (χ3n) is 5.30. The van der Waals surface area contributed by atoms with E-state index in [9.17, 15) is 4.79 Å². The zero-order valence-corrected chi connectivity index (χ0v) is 13.1. The lowest BCUT2D eigenvalue weighted by Gasteiger charge is -2.57. The van der Waals surface area contributed by atoms with Gasteiger partial charge in [-0.05, 0) is 56.3 Å². The summed E-state index contributed by atoms with van der Waals surface area (Å²) in [6, 6.07) is 0. The van der Waals surface area contributed by atoms with Gasteiger partial charge in [0.15, 0.2) is 5.78 Å². The minimum atomic E-state index is -0.369. The van der Waals surface area contributed by atoms with Crippen LogP contribution in [0, 0.1) is 23.2 Å². The lowest BCUT2D eigenvalue weighted by Crippen LogP contribution is -2.61. The number of ketones is 1. The van der Waals surface area contributed by atoms with Crippen LogP contribution in [0.15, 0.2) is 0 Å². The number of Topliss-reactive ketones (excluding diaryl/α,β-unsaturated/α-hetero) is 1. The lowest BCUT2D eigenvalue weighted by atomic mass is 9.53. The fraction of sp³-hybridized carbons (Fsp3) is 0.875. The Balaban J connectivity index is 1.73. The predicted molar refractivity (Wildman–Crippen MR) is 81.1 cm³/mol. The average molecular weight is 279 g/mol. The van der Waals surface area contributed by atoms with E-state index < -0.39 is 0 Å². The molecule has 4 fully saturated rings. The summed E-state index contributed by atoms with van der Waals surface area (Å²) in [5.41, 5.74) is -0.209. The molecule has 4 aliphatic carbocycles. The number of rotatable bonds is 2. The van der Waals surface area contributed by atoms with Crippen molar-refractivity contribution in [2.75, 3.05) is 0 Å². The zero-order valence-electron chi connectivity index (χ0n) is 12.3. The van der Waals surface area contributed by atoms with Gasteiger partial charge in [0.1, 0.15) is 4.99 Å². The maximum Gasteiger partial charge on any atom is 0.195 e. The first-order chi connectivity index (χ1) is 8.77. The molecule has 4 rings (SSSR count). The molecule has 0 aromatic rings. The molecule has 0 heterocycles. The summed E-state index contributed by atoms with van der Waals surface area (Å²) >= 11 is 5.40. The van der Waals surface area contributed by atoms with Crippen LogP contribution >= 0.6 is 12.2 Å². The first kappa shape index (κ1) is 13.5. The van der Waals surface area contributed by atoms with Crippen molar-refractivity contribution in [3.63, 3.8) is 0 Å². The smallest absolute Gasteiger partial charge is 0.195 e. The van der Waals surface area contributed by atoms with Gasteiger partial charge in [-0.2, -0.15) is 0 Å². The maximum atomic E-state index is 12.3. The summed E-state index contributed by atoms with van der Waals surface area (Å²) in [7, 11) is 0. The zero-order chi connectivity index (χ0) is 13.8. The largest absolute Gasteiger partial charge is 0.368 e. The van der Waals surface area contributed by atoms with Crippen molar-refractivity contribution in [1.29, 1.82) is 0 Å². The minimum absolute atomic E-state index is 0.0956. The molecule has 0 saturated heterocycles. The van der Waals surface area contributed by atoms with Gasteiger partial charge in [0.05, 0.1) is 0 Å². The van der Waals surface area contributed by atoms with Gasteiger partial charge in [0.25, 0.3) is 0 Å². The van der Waals surface area contributed by atoms with Crippen LogP contribution < -0.4 is 5.32 Å². The van der Waals surface area contributed by atoms with E-state index in [-0.39, 0.29) is 16.7 Å². The molecule has 4 saturated carbocycles. The van der Waals surface area contributed by atoms with Crippen LogP contribution in [0.3, 0.4) is 0 Å².